The van der Waals surface area contributed by atoms with Gasteiger partial charge in [0.25, 0.3) is 0 Å². The number of ether oxygens (including phenoxy) is 2. The first-order chi connectivity index (χ1) is 6.72. The van der Waals surface area contributed by atoms with E-state index in [0.717, 1.165) is 10.0 Å². The molecule has 84 valence electrons. The smallest absolute Gasteiger partial charge is 0.231 e. The molecule has 2 rings (SSSR count). The summed E-state index contributed by atoms with van der Waals surface area (Å²) in [6.45, 7) is 0.137. The summed E-state index contributed by atoms with van der Waals surface area (Å²) in [6, 6.07) is 3.18. The monoisotopic (exact) mass is 295 g/mol. The molecule has 0 saturated carbocycles. The Kier molecular flexibility index (Phi) is 4.21. The van der Waals surface area contributed by atoms with Crippen LogP contribution in [0.25, 0.3) is 0 Å². The number of hydrogen-bond donors (Lipinski definition) is 2. The van der Waals surface area contributed by atoms with E-state index in [1.54, 1.807) is 12.1 Å². The highest BCUT2D eigenvalue weighted by atomic mass is 79.9. The highest BCUT2D eigenvalue weighted by Crippen LogP contribution is 2.38. The first kappa shape index (κ1) is 12.6. The standard InChI is InChI=1S/C9H10BrNO3.ClH/c10-6-2-9-8(13-4-14-9)1-5(6)7(11)3-12;/h1-2,7,12H,3-4,11H2;1H/t7-;/m1./s1. The van der Waals surface area contributed by atoms with Gasteiger partial charge in [-0.1, -0.05) is 15.9 Å². The summed E-state index contributed by atoms with van der Waals surface area (Å²) in [7, 11) is 0. The Morgan fingerprint density at radius 2 is 2.00 bits per heavy atom. The lowest BCUT2D eigenvalue weighted by atomic mass is 10.1. The third kappa shape index (κ3) is 2.36. The van der Waals surface area contributed by atoms with E-state index >= 15 is 0 Å². The van der Waals surface area contributed by atoms with Crippen LogP contribution in [0.5, 0.6) is 11.5 Å². The lowest BCUT2D eigenvalue weighted by molar-refractivity contribution is 0.174. The van der Waals surface area contributed by atoms with Crippen LogP contribution in [-0.2, 0) is 0 Å². The minimum atomic E-state index is -0.404. The maximum atomic E-state index is 8.94. The molecule has 1 aliphatic rings. The maximum Gasteiger partial charge on any atom is 0.231 e. The summed E-state index contributed by atoms with van der Waals surface area (Å²) in [6.07, 6.45) is 0. The Balaban J connectivity index is 0.00000112. The number of benzene rings is 1. The van der Waals surface area contributed by atoms with Crippen LogP contribution in [0.3, 0.4) is 0 Å². The molecule has 0 aromatic heterocycles. The molecule has 1 aromatic rings. The first-order valence-corrected chi connectivity index (χ1v) is 4.97. The van der Waals surface area contributed by atoms with Crippen molar-refractivity contribution >= 4 is 28.3 Å². The molecule has 1 aliphatic heterocycles. The van der Waals surface area contributed by atoms with Crippen LogP contribution < -0.4 is 15.2 Å². The summed E-state index contributed by atoms with van der Waals surface area (Å²) >= 11 is 3.36. The van der Waals surface area contributed by atoms with Gasteiger partial charge in [0.1, 0.15) is 0 Å². The second-order valence-electron chi connectivity index (χ2n) is 3.02. The molecule has 0 fully saturated rings. The van der Waals surface area contributed by atoms with Gasteiger partial charge in [-0.25, -0.2) is 0 Å². The highest BCUT2D eigenvalue weighted by molar-refractivity contribution is 9.10. The van der Waals surface area contributed by atoms with Crippen LogP contribution >= 0.6 is 28.3 Å². The quantitative estimate of drug-likeness (QED) is 0.870. The molecular formula is C9H11BrClNO3. The van der Waals surface area contributed by atoms with E-state index < -0.39 is 6.04 Å². The van der Waals surface area contributed by atoms with E-state index in [2.05, 4.69) is 15.9 Å². The van der Waals surface area contributed by atoms with Crippen molar-refractivity contribution in [2.24, 2.45) is 5.73 Å². The molecule has 0 amide bonds. The molecule has 1 aromatic carbocycles. The molecular weight excluding hydrogens is 285 g/mol. The Morgan fingerprint density at radius 3 is 2.60 bits per heavy atom. The number of nitrogens with two attached hydrogens (primary N) is 1. The predicted octanol–water partition coefficient (Wildman–Crippen LogP) is 1.59. The zero-order valence-electron chi connectivity index (χ0n) is 7.77. The number of fused-ring (bicyclic) bond motifs is 1. The number of aliphatic hydroxyl groups excluding tert-OH is 1. The average Bonchev–Trinajstić information content (AvgIpc) is 2.62. The van der Waals surface area contributed by atoms with E-state index in [-0.39, 0.29) is 25.8 Å². The van der Waals surface area contributed by atoms with Gasteiger partial charge in [0, 0.05) is 4.47 Å². The summed E-state index contributed by atoms with van der Waals surface area (Å²) < 4.78 is 11.2. The molecule has 1 heterocycles. The SMILES string of the molecule is Cl.N[C@H](CO)c1cc2c(cc1Br)OCO2. The number of halogens is 2. The van der Waals surface area contributed by atoms with E-state index in [0.29, 0.717) is 11.5 Å². The zero-order valence-corrected chi connectivity index (χ0v) is 10.2. The number of aliphatic hydroxyl groups is 1. The van der Waals surface area contributed by atoms with E-state index in [1.165, 1.54) is 0 Å². The largest absolute Gasteiger partial charge is 0.454 e. The first-order valence-electron chi connectivity index (χ1n) is 4.18. The van der Waals surface area contributed by atoms with Crippen LogP contribution in [-0.4, -0.2) is 18.5 Å². The van der Waals surface area contributed by atoms with Gasteiger partial charge in [0.05, 0.1) is 12.6 Å². The van der Waals surface area contributed by atoms with Crippen molar-refractivity contribution in [1.29, 1.82) is 0 Å². The zero-order chi connectivity index (χ0) is 10.1. The van der Waals surface area contributed by atoms with Gasteiger partial charge >= 0.3 is 0 Å². The summed E-state index contributed by atoms with van der Waals surface area (Å²) in [5, 5.41) is 8.94. The lowest BCUT2D eigenvalue weighted by Gasteiger charge is -2.11. The molecule has 6 heteroatoms. The minimum absolute atomic E-state index is 0. The van der Waals surface area contributed by atoms with Gasteiger partial charge in [0.15, 0.2) is 11.5 Å². The van der Waals surface area contributed by atoms with Crippen molar-refractivity contribution < 1.29 is 14.6 Å². The molecule has 0 aliphatic carbocycles. The van der Waals surface area contributed by atoms with E-state index in [9.17, 15) is 0 Å². The number of rotatable bonds is 2. The highest BCUT2D eigenvalue weighted by Gasteiger charge is 2.18. The van der Waals surface area contributed by atoms with Crippen molar-refractivity contribution in [2.75, 3.05) is 13.4 Å². The molecule has 0 spiro atoms. The van der Waals surface area contributed by atoms with Gasteiger partial charge < -0.3 is 20.3 Å². The van der Waals surface area contributed by atoms with E-state index in [4.69, 9.17) is 20.3 Å². The predicted molar refractivity (Wildman–Crippen MR) is 61.5 cm³/mol. The van der Waals surface area contributed by atoms with Crippen molar-refractivity contribution in [2.45, 2.75) is 6.04 Å². The molecule has 0 unspecified atom stereocenters. The Bertz CT molecular complexity index is 361. The Morgan fingerprint density at radius 1 is 1.40 bits per heavy atom. The normalized spacial score (nSPS) is 14.6. The third-order valence-electron chi connectivity index (χ3n) is 2.09. The second kappa shape index (κ2) is 5.03. The minimum Gasteiger partial charge on any atom is -0.454 e. The molecule has 4 nitrogen and oxygen atoms in total. The topological polar surface area (TPSA) is 64.7 Å². The fourth-order valence-corrected chi connectivity index (χ4v) is 1.93. The molecule has 1 atom stereocenters. The van der Waals surface area contributed by atoms with Crippen LogP contribution in [0.1, 0.15) is 11.6 Å². The molecule has 0 saturated heterocycles. The molecule has 0 bridgehead atoms. The van der Waals surface area contributed by atoms with Crippen LogP contribution in [0.4, 0.5) is 0 Å². The van der Waals surface area contributed by atoms with Crippen molar-refractivity contribution in [3.05, 3.63) is 22.2 Å². The second-order valence-corrected chi connectivity index (χ2v) is 3.87. The lowest BCUT2D eigenvalue weighted by Crippen LogP contribution is -2.14. The van der Waals surface area contributed by atoms with Gasteiger partial charge in [0.2, 0.25) is 6.79 Å². The number of hydrogen-bond acceptors (Lipinski definition) is 4. The molecule has 15 heavy (non-hydrogen) atoms. The molecule has 3 N–H and O–H groups in total. The Labute approximate surface area is 102 Å². The van der Waals surface area contributed by atoms with Crippen LogP contribution in [0.2, 0.25) is 0 Å². The van der Waals surface area contributed by atoms with E-state index in [1.807, 2.05) is 0 Å². The fourth-order valence-electron chi connectivity index (χ4n) is 1.32. The average molecular weight is 297 g/mol. The van der Waals surface area contributed by atoms with Crippen LogP contribution in [0.15, 0.2) is 16.6 Å². The Hall–Kier alpha value is -0.490. The van der Waals surface area contributed by atoms with Gasteiger partial charge in [-0.15, -0.1) is 12.4 Å². The summed E-state index contributed by atoms with van der Waals surface area (Å²) in [5.41, 5.74) is 6.53. The summed E-state index contributed by atoms with van der Waals surface area (Å²) in [4.78, 5) is 0. The maximum absolute atomic E-state index is 8.94. The van der Waals surface area contributed by atoms with Gasteiger partial charge in [-0.3, -0.25) is 0 Å². The van der Waals surface area contributed by atoms with Gasteiger partial charge in [-0.2, -0.15) is 0 Å². The fraction of sp³-hybridized carbons (Fsp3) is 0.333. The third-order valence-corrected chi connectivity index (χ3v) is 2.77. The summed E-state index contributed by atoms with van der Waals surface area (Å²) in [5.74, 6) is 1.37. The molecule has 0 radical (unpaired) electrons. The van der Waals surface area contributed by atoms with Crippen molar-refractivity contribution in [3.63, 3.8) is 0 Å². The van der Waals surface area contributed by atoms with Crippen LogP contribution in [0, 0.1) is 0 Å². The van der Waals surface area contributed by atoms with Gasteiger partial charge in [-0.05, 0) is 17.7 Å². The van der Waals surface area contributed by atoms with Crippen molar-refractivity contribution in [1.82, 2.24) is 0 Å². The van der Waals surface area contributed by atoms with Crippen molar-refractivity contribution in [3.8, 4) is 11.5 Å².